The minimum absolute atomic E-state index is 0.137. The van der Waals surface area contributed by atoms with Gasteiger partial charge in [-0.25, -0.2) is 0 Å². The molecule has 4 aromatic rings. The van der Waals surface area contributed by atoms with E-state index in [1.165, 1.54) is 0 Å². The molecule has 0 saturated heterocycles. The number of nitrogens with zero attached hydrogens (tertiary/aromatic N) is 2. The van der Waals surface area contributed by atoms with Gasteiger partial charge in [0.2, 0.25) is 11.3 Å². The van der Waals surface area contributed by atoms with Gasteiger partial charge < -0.3 is 9.51 Å². The molecule has 0 unspecified atom stereocenters. The number of hydrogen-bond acceptors (Lipinski definition) is 4. The second-order valence-electron chi connectivity index (χ2n) is 4.98. The number of para-hydroxylation sites is 1. The van der Waals surface area contributed by atoms with Crippen LogP contribution < -0.4 is 5.43 Å². The maximum Gasteiger partial charge on any atom is 0.263 e. The van der Waals surface area contributed by atoms with E-state index >= 15 is 0 Å². The zero-order chi connectivity index (χ0) is 15.8. The first-order valence-electron chi connectivity index (χ1n) is 6.93. The van der Waals surface area contributed by atoms with Crippen LogP contribution in [0.15, 0.2) is 68.5 Å². The first-order valence-corrected chi connectivity index (χ1v) is 7.73. The van der Waals surface area contributed by atoms with Crippen LogP contribution in [-0.4, -0.2) is 15.1 Å². The van der Waals surface area contributed by atoms with E-state index in [-0.39, 0.29) is 11.3 Å². The van der Waals surface area contributed by atoms with Gasteiger partial charge in [-0.2, -0.15) is 4.98 Å². The Kier molecular flexibility index (Phi) is 3.31. The van der Waals surface area contributed by atoms with Gasteiger partial charge in [-0.3, -0.25) is 4.79 Å². The molecule has 1 N–H and O–H groups in total. The van der Waals surface area contributed by atoms with E-state index in [0.29, 0.717) is 16.8 Å². The molecule has 0 atom stereocenters. The van der Waals surface area contributed by atoms with Crippen molar-refractivity contribution in [2.24, 2.45) is 0 Å². The number of rotatable bonds is 2. The van der Waals surface area contributed by atoms with Gasteiger partial charge in [0.15, 0.2) is 0 Å². The summed E-state index contributed by atoms with van der Waals surface area (Å²) < 4.78 is 6.15. The lowest BCUT2D eigenvalue weighted by atomic mass is 10.1. The topological polar surface area (TPSA) is 71.8 Å². The second-order valence-corrected chi connectivity index (χ2v) is 5.83. The lowest BCUT2D eigenvalue weighted by molar-refractivity contribution is 0.432. The Morgan fingerprint density at radius 1 is 1.00 bits per heavy atom. The van der Waals surface area contributed by atoms with Crippen LogP contribution in [-0.2, 0) is 0 Å². The summed E-state index contributed by atoms with van der Waals surface area (Å²) in [7, 11) is 0. The van der Waals surface area contributed by atoms with Crippen LogP contribution in [0.1, 0.15) is 0 Å². The third-order valence-electron chi connectivity index (χ3n) is 3.56. The van der Waals surface area contributed by atoms with E-state index < -0.39 is 0 Å². The van der Waals surface area contributed by atoms with E-state index in [1.807, 2.05) is 42.5 Å². The summed E-state index contributed by atoms with van der Waals surface area (Å²) >= 11 is 3.46. The molecular weight excluding hydrogens is 358 g/mol. The molecule has 0 radical (unpaired) electrons. The zero-order valence-corrected chi connectivity index (χ0v) is 13.4. The maximum absolute atomic E-state index is 12.6. The number of halogens is 1. The Labute approximate surface area is 139 Å². The van der Waals surface area contributed by atoms with E-state index in [9.17, 15) is 4.79 Å². The fourth-order valence-electron chi connectivity index (χ4n) is 2.41. The van der Waals surface area contributed by atoms with Crippen molar-refractivity contribution in [3.8, 4) is 22.8 Å². The molecule has 23 heavy (non-hydrogen) atoms. The number of pyridine rings is 1. The van der Waals surface area contributed by atoms with Crippen LogP contribution in [0.2, 0.25) is 0 Å². The number of H-pyrrole nitrogens is 1. The lowest BCUT2D eigenvalue weighted by Gasteiger charge is -1.99. The van der Waals surface area contributed by atoms with Gasteiger partial charge in [0.25, 0.3) is 5.89 Å². The summed E-state index contributed by atoms with van der Waals surface area (Å²) in [5.74, 6) is 0.628. The van der Waals surface area contributed by atoms with Crippen molar-refractivity contribution in [3.63, 3.8) is 0 Å². The molecule has 0 bridgehead atoms. The van der Waals surface area contributed by atoms with Crippen LogP contribution >= 0.6 is 15.9 Å². The van der Waals surface area contributed by atoms with Crippen molar-refractivity contribution < 1.29 is 4.52 Å². The average molecular weight is 368 g/mol. The third kappa shape index (κ3) is 2.37. The average Bonchev–Trinajstić information content (AvgIpc) is 3.05. The minimum Gasteiger partial charge on any atom is -0.360 e. The quantitative estimate of drug-likeness (QED) is 0.580. The molecule has 0 aliphatic carbocycles. The number of nitrogens with one attached hydrogen (secondary N) is 1. The molecule has 0 aliphatic heterocycles. The van der Waals surface area contributed by atoms with Crippen molar-refractivity contribution in [3.05, 3.63) is 69.4 Å². The Bertz CT molecular complexity index is 1070. The van der Waals surface area contributed by atoms with Gasteiger partial charge >= 0.3 is 0 Å². The molecule has 0 spiro atoms. The van der Waals surface area contributed by atoms with Crippen LogP contribution in [0.25, 0.3) is 33.7 Å². The highest BCUT2D eigenvalue weighted by Gasteiger charge is 2.16. The largest absolute Gasteiger partial charge is 0.360 e. The molecule has 2 aromatic carbocycles. The Hall–Kier alpha value is -2.73. The van der Waals surface area contributed by atoms with Gasteiger partial charge in [-0.1, -0.05) is 45.4 Å². The van der Waals surface area contributed by atoms with E-state index in [1.54, 1.807) is 12.3 Å². The van der Waals surface area contributed by atoms with Crippen molar-refractivity contribution in [1.29, 1.82) is 0 Å². The van der Waals surface area contributed by atoms with E-state index in [2.05, 4.69) is 31.1 Å². The Morgan fingerprint density at radius 3 is 2.65 bits per heavy atom. The van der Waals surface area contributed by atoms with Gasteiger partial charge in [-0.15, -0.1) is 0 Å². The van der Waals surface area contributed by atoms with Gasteiger partial charge in [0.1, 0.15) is 5.56 Å². The summed E-state index contributed by atoms with van der Waals surface area (Å²) in [5.41, 5.74) is 1.79. The summed E-state index contributed by atoms with van der Waals surface area (Å²) in [6.07, 6.45) is 1.60. The van der Waals surface area contributed by atoms with Crippen LogP contribution in [0.3, 0.4) is 0 Å². The van der Waals surface area contributed by atoms with Gasteiger partial charge in [-0.05, 0) is 24.3 Å². The highest BCUT2D eigenvalue weighted by atomic mass is 79.9. The Morgan fingerprint density at radius 2 is 1.78 bits per heavy atom. The minimum atomic E-state index is -0.137. The number of fused-ring (bicyclic) bond motifs is 1. The fraction of sp³-hybridized carbons (Fsp3) is 0. The second kappa shape index (κ2) is 5.48. The van der Waals surface area contributed by atoms with E-state index in [4.69, 9.17) is 4.52 Å². The molecular formula is C17H10BrN3O2. The first-order chi connectivity index (χ1) is 11.2. The Balaban J connectivity index is 1.85. The molecule has 0 amide bonds. The molecule has 0 fully saturated rings. The molecule has 112 valence electrons. The van der Waals surface area contributed by atoms with Crippen LogP contribution in [0.4, 0.5) is 0 Å². The van der Waals surface area contributed by atoms with Crippen LogP contribution in [0, 0.1) is 0 Å². The predicted molar refractivity (Wildman–Crippen MR) is 91.0 cm³/mol. The van der Waals surface area contributed by atoms with Crippen molar-refractivity contribution in [2.75, 3.05) is 0 Å². The first kappa shape index (κ1) is 13.9. The predicted octanol–water partition coefficient (Wildman–Crippen LogP) is 4.01. The monoisotopic (exact) mass is 367 g/mol. The normalized spacial score (nSPS) is 11.0. The molecule has 5 nitrogen and oxygen atoms in total. The molecule has 0 saturated carbocycles. The van der Waals surface area contributed by atoms with Crippen molar-refractivity contribution in [2.45, 2.75) is 0 Å². The summed E-state index contributed by atoms with van der Waals surface area (Å²) in [6, 6.07) is 14.9. The fourth-order valence-corrected chi connectivity index (χ4v) is 2.87. The number of benzene rings is 2. The summed E-state index contributed by atoms with van der Waals surface area (Å²) in [5, 5.41) is 4.56. The molecule has 2 heterocycles. The molecule has 2 aromatic heterocycles. The van der Waals surface area contributed by atoms with Gasteiger partial charge in [0, 0.05) is 27.1 Å². The van der Waals surface area contributed by atoms with Gasteiger partial charge in [0.05, 0.1) is 0 Å². The molecule has 6 heteroatoms. The SMILES string of the molecule is O=c1c(-c2nc(-c3ccccc3Br)no2)c[nH]c2ccccc12. The number of hydrogen-bond donors (Lipinski definition) is 1. The number of aromatic nitrogens is 3. The smallest absolute Gasteiger partial charge is 0.263 e. The van der Waals surface area contributed by atoms with Crippen molar-refractivity contribution in [1.82, 2.24) is 15.1 Å². The summed E-state index contributed by atoms with van der Waals surface area (Å²) in [6.45, 7) is 0. The van der Waals surface area contributed by atoms with Crippen LogP contribution in [0.5, 0.6) is 0 Å². The standard InChI is InChI=1S/C17H10BrN3O2/c18-13-7-3-1-5-10(13)16-20-17(23-21-16)12-9-19-14-8-4-2-6-11(14)15(12)22/h1-9H,(H,19,22). The zero-order valence-electron chi connectivity index (χ0n) is 11.8. The molecule has 4 rings (SSSR count). The third-order valence-corrected chi connectivity index (χ3v) is 4.25. The highest BCUT2D eigenvalue weighted by Crippen LogP contribution is 2.27. The lowest BCUT2D eigenvalue weighted by Crippen LogP contribution is -2.06. The summed E-state index contributed by atoms with van der Waals surface area (Å²) in [4.78, 5) is 20.0. The maximum atomic E-state index is 12.6. The van der Waals surface area contributed by atoms with Crippen molar-refractivity contribution >= 4 is 26.8 Å². The number of aromatic amines is 1. The molecule has 0 aliphatic rings. The van der Waals surface area contributed by atoms with E-state index in [0.717, 1.165) is 15.6 Å². The highest BCUT2D eigenvalue weighted by molar-refractivity contribution is 9.10.